The average molecular weight is 685 g/mol. The van der Waals surface area contributed by atoms with E-state index in [1.54, 1.807) is 0 Å². The molecule has 0 aliphatic carbocycles. The van der Waals surface area contributed by atoms with E-state index in [4.69, 9.17) is 13.8 Å². The molecule has 0 atom stereocenters. The van der Waals surface area contributed by atoms with Gasteiger partial charge in [-0.3, -0.25) is 0 Å². The molecular weight excluding hydrogens is 657 g/mol. The molecule has 0 saturated heterocycles. The number of aromatic nitrogens is 1. The van der Waals surface area contributed by atoms with Crippen LogP contribution >= 0.6 is 11.3 Å². The van der Waals surface area contributed by atoms with E-state index in [1.807, 2.05) is 59.9 Å². The van der Waals surface area contributed by atoms with Crippen LogP contribution in [0.5, 0.6) is 0 Å². The van der Waals surface area contributed by atoms with Gasteiger partial charge in [-0.05, 0) is 64.4 Å². The number of thiophene rings is 1. The van der Waals surface area contributed by atoms with Gasteiger partial charge in [0, 0.05) is 38.2 Å². The van der Waals surface area contributed by atoms with Crippen LogP contribution in [0.3, 0.4) is 0 Å². The van der Waals surface area contributed by atoms with E-state index in [-0.39, 0.29) is 0 Å². The van der Waals surface area contributed by atoms with Gasteiger partial charge in [-0.2, -0.15) is 0 Å². The number of anilines is 3. The van der Waals surface area contributed by atoms with Crippen LogP contribution in [0.25, 0.3) is 86.6 Å². The zero-order valence-corrected chi connectivity index (χ0v) is 28.6. The number of nitrogens with zero attached hydrogens (tertiary/aromatic N) is 2. The molecule has 0 aliphatic rings. The third-order valence-corrected chi connectivity index (χ3v) is 11.3. The summed E-state index contributed by atoms with van der Waals surface area (Å²) < 4.78 is 15.9. The van der Waals surface area contributed by atoms with Gasteiger partial charge in [0.2, 0.25) is 5.89 Å². The van der Waals surface area contributed by atoms with Crippen molar-refractivity contribution in [3.05, 3.63) is 170 Å². The Morgan fingerprint density at radius 1 is 0.519 bits per heavy atom. The van der Waals surface area contributed by atoms with Crippen LogP contribution in [0.1, 0.15) is 0 Å². The van der Waals surface area contributed by atoms with Gasteiger partial charge < -0.3 is 13.7 Å². The Balaban J connectivity index is 1.24. The summed E-state index contributed by atoms with van der Waals surface area (Å²) in [4.78, 5) is 7.42. The molecule has 0 amide bonds. The van der Waals surface area contributed by atoms with Gasteiger partial charge in [-0.15, -0.1) is 11.3 Å². The number of hydrogen-bond donors (Lipinski definition) is 0. The highest BCUT2D eigenvalue weighted by Crippen LogP contribution is 2.51. The van der Waals surface area contributed by atoms with Crippen LogP contribution in [0, 0.1) is 0 Å². The monoisotopic (exact) mass is 684 g/mol. The van der Waals surface area contributed by atoms with Crippen molar-refractivity contribution in [1.29, 1.82) is 0 Å². The Kier molecular flexibility index (Phi) is 6.39. The molecule has 0 aliphatic heterocycles. The highest BCUT2D eigenvalue weighted by atomic mass is 32.1. The largest absolute Gasteiger partial charge is 0.456 e. The topological polar surface area (TPSA) is 42.4 Å². The van der Waals surface area contributed by atoms with Crippen molar-refractivity contribution in [3.8, 4) is 22.6 Å². The predicted octanol–water partition coefficient (Wildman–Crippen LogP) is 14.1. The SMILES string of the molecule is c1ccc(-c2nc3cc4oc5ccccc5c4c(N(c4ccc(-c5cccc6ccccc56)cc4)c4cccc5c4sc4ccccc45)c3o2)cc1. The Hall–Kier alpha value is -6.69. The van der Waals surface area contributed by atoms with E-state index in [0.29, 0.717) is 11.5 Å². The van der Waals surface area contributed by atoms with Gasteiger partial charge in [0.1, 0.15) is 22.4 Å². The van der Waals surface area contributed by atoms with Crippen molar-refractivity contribution in [3.63, 3.8) is 0 Å². The molecule has 0 unspecified atom stereocenters. The van der Waals surface area contributed by atoms with Gasteiger partial charge in [-0.1, -0.05) is 121 Å². The predicted molar refractivity (Wildman–Crippen MR) is 217 cm³/mol. The summed E-state index contributed by atoms with van der Waals surface area (Å²) in [6, 6.07) is 59.6. The number of fused-ring (bicyclic) bond motifs is 8. The molecule has 11 aromatic rings. The lowest BCUT2D eigenvalue weighted by atomic mass is 9.98. The van der Waals surface area contributed by atoms with Crippen molar-refractivity contribution >= 4 is 92.4 Å². The van der Waals surface area contributed by atoms with Gasteiger partial charge in [0.15, 0.2) is 5.58 Å². The minimum absolute atomic E-state index is 0.570. The van der Waals surface area contributed by atoms with Crippen molar-refractivity contribution in [2.45, 2.75) is 0 Å². The fourth-order valence-corrected chi connectivity index (χ4v) is 8.94. The first-order valence-electron chi connectivity index (χ1n) is 17.4. The van der Waals surface area contributed by atoms with Crippen molar-refractivity contribution in [1.82, 2.24) is 4.98 Å². The van der Waals surface area contributed by atoms with Crippen LogP contribution < -0.4 is 4.90 Å². The minimum Gasteiger partial charge on any atom is -0.456 e. The molecule has 11 rings (SSSR count). The molecule has 244 valence electrons. The third-order valence-electron chi connectivity index (χ3n) is 10.1. The average Bonchev–Trinajstić information content (AvgIpc) is 3.92. The molecule has 3 aromatic heterocycles. The number of para-hydroxylation sites is 1. The number of oxazole rings is 1. The maximum absolute atomic E-state index is 6.86. The lowest BCUT2D eigenvalue weighted by molar-refractivity contribution is 0.620. The second-order valence-electron chi connectivity index (χ2n) is 13.1. The Bertz CT molecular complexity index is 3130. The highest BCUT2D eigenvalue weighted by molar-refractivity contribution is 7.26. The maximum Gasteiger partial charge on any atom is 0.227 e. The van der Waals surface area contributed by atoms with Crippen LogP contribution in [-0.4, -0.2) is 4.98 Å². The first kappa shape index (κ1) is 29.1. The zero-order valence-electron chi connectivity index (χ0n) is 27.8. The number of furan rings is 1. The smallest absolute Gasteiger partial charge is 0.227 e. The Morgan fingerprint density at radius 2 is 1.23 bits per heavy atom. The molecule has 5 heteroatoms. The number of rotatable bonds is 5. The summed E-state index contributed by atoms with van der Waals surface area (Å²) in [6.07, 6.45) is 0. The first-order valence-corrected chi connectivity index (χ1v) is 18.2. The molecule has 0 radical (unpaired) electrons. The number of hydrogen-bond acceptors (Lipinski definition) is 5. The maximum atomic E-state index is 6.86. The van der Waals surface area contributed by atoms with Crippen molar-refractivity contribution in [2.24, 2.45) is 0 Å². The molecule has 3 heterocycles. The molecule has 0 bridgehead atoms. The Morgan fingerprint density at radius 3 is 2.12 bits per heavy atom. The summed E-state index contributed by atoms with van der Waals surface area (Å²) in [5, 5.41) is 6.93. The van der Waals surface area contributed by atoms with E-state index in [1.165, 1.54) is 36.5 Å². The van der Waals surface area contributed by atoms with Crippen molar-refractivity contribution < 1.29 is 8.83 Å². The molecular formula is C47H28N2O2S. The summed E-state index contributed by atoms with van der Waals surface area (Å²) in [5.74, 6) is 0.570. The molecule has 0 N–H and O–H groups in total. The van der Waals surface area contributed by atoms with Gasteiger partial charge in [0.25, 0.3) is 0 Å². The fourth-order valence-electron chi connectivity index (χ4n) is 7.73. The summed E-state index contributed by atoms with van der Waals surface area (Å²) >= 11 is 1.81. The van der Waals surface area contributed by atoms with Crippen LogP contribution in [0.4, 0.5) is 17.1 Å². The van der Waals surface area contributed by atoms with E-state index in [9.17, 15) is 0 Å². The van der Waals surface area contributed by atoms with Gasteiger partial charge in [0.05, 0.1) is 15.8 Å². The Labute approximate surface area is 302 Å². The molecule has 8 aromatic carbocycles. The van der Waals surface area contributed by atoms with E-state index < -0.39 is 0 Å². The second kappa shape index (κ2) is 11.4. The molecule has 0 spiro atoms. The van der Waals surface area contributed by atoms with Crippen molar-refractivity contribution in [2.75, 3.05) is 4.90 Å². The normalized spacial score (nSPS) is 11.8. The lowest BCUT2D eigenvalue weighted by Gasteiger charge is -2.27. The van der Waals surface area contributed by atoms with Gasteiger partial charge >= 0.3 is 0 Å². The van der Waals surface area contributed by atoms with E-state index in [2.05, 4.69) is 126 Å². The van der Waals surface area contributed by atoms with Crippen LogP contribution in [0.2, 0.25) is 0 Å². The molecule has 0 saturated carbocycles. The zero-order chi connectivity index (χ0) is 34.2. The summed E-state index contributed by atoms with van der Waals surface area (Å²) in [5.41, 5.74) is 9.27. The second-order valence-corrected chi connectivity index (χ2v) is 14.1. The number of benzene rings is 8. The van der Waals surface area contributed by atoms with Crippen LogP contribution in [0.15, 0.2) is 179 Å². The molecule has 52 heavy (non-hydrogen) atoms. The third kappa shape index (κ3) is 4.43. The minimum atomic E-state index is 0.570. The van der Waals surface area contributed by atoms with Gasteiger partial charge in [-0.25, -0.2) is 4.98 Å². The fraction of sp³-hybridized carbons (Fsp3) is 0. The molecule has 0 fully saturated rings. The molecule has 4 nitrogen and oxygen atoms in total. The lowest BCUT2D eigenvalue weighted by Crippen LogP contribution is -2.11. The highest BCUT2D eigenvalue weighted by Gasteiger charge is 2.28. The van der Waals surface area contributed by atoms with Crippen LogP contribution in [-0.2, 0) is 0 Å². The van der Waals surface area contributed by atoms with E-state index in [0.717, 1.165) is 55.6 Å². The summed E-state index contributed by atoms with van der Waals surface area (Å²) in [7, 11) is 0. The standard InChI is InChI=1S/C47H28N2O2S/c1-2-13-31(14-3-1)47-48-38-28-41-43(37-18-6-8-22-40(37)50-41)44(45(38)51-47)49(39-21-11-20-36-35-17-7-9-23-42(35)52-46(36)39)32-26-24-30(25-27-32)34-19-10-15-29-12-4-5-16-33(29)34/h1-28H. The first-order chi connectivity index (χ1) is 25.8. The quantitative estimate of drug-likeness (QED) is 0.181. The summed E-state index contributed by atoms with van der Waals surface area (Å²) in [6.45, 7) is 0. The van der Waals surface area contributed by atoms with E-state index >= 15 is 0 Å².